The summed E-state index contributed by atoms with van der Waals surface area (Å²) >= 11 is 0. The average Bonchev–Trinajstić information content (AvgIpc) is 3.39. The number of benzene rings is 1. The van der Waals surface area contributed by atoms with E-state index in [2.05, 4.69) is 15.3 Å². The molecule has 9 nitrogen and oxygen atoms in total. The molecule has 2 aliphatic heterocycles. The maximum absolute atomic E-state index is 13.3. The van der Waals surface area contributed by atoms with Crippen LogP contribution >= 0.6 is 0 Å². The number of imidazole rings is 1. The summed E-state index contributed by atoms with van der Waals surface area (Å²) in [6.07, 6.45) is 2.79. The van der Waals surface area contributed by atoms with E-state index in [0.29, 0.717) is 30.9 Å². The molecule has 0 saturated heterocycles. The fraction of sp³-hybridized carbons (Fsp3) is 0.476. The predicted molar refractivity (Wildman–Crippen MR) is 107 cm³/mol. The van der Waals surface area contributed by atoms with Crippen molar-refractivity contribution >= 4 is 12.0 Å². The fourth-order valence-electron chi connectivity index (χ4n) is 3.98. The van der Waals surface area contributed by atoms with Crippen molar-refractivity contribution in [2.45, 2.75) is 38.8 Å². The van der Waals surface area contributed by atoms with Crippen molar-refractivity contribution in [1.82, 2.24) is 20.2 Å². The summed E-state index contributed by atoms with van der Waals surface area (Å²) in [6.45, 7) is 4.65. The quantitative estimate of drug-likeness (QED) is 0.728. The van der Waals surface area contributed by atoms with Gasteiger partial charge >= 0.3 is 12.0 Å². The number of carbonyl (C=O) groups excluding carboxylic acids is 2. The number of fused-ring (bicyclic) bond motifs is 2. The second-order valence-corrected chi connectivity index (χ2v) is 7.88. The third-order valence-electron chi connectivity index (χ3n) is 5.39. The predicted octanol–water partition coefficient (Wildman–Crippen LogP) is 2.38. The van der Waals surface area contributed by atoms with Crippen LogP contribution in [0.1, 0.15) is 43.3 Å². The third-order valence-corrected chi connectivity index (χ3v) is 5.39. The molecule has 0 spiro atoms. The molecule has 2 amide bonds. The van der Waals surface area contributed by atoms with Crippen molar-refractivity contribution in [2.75, 3.05) is 20.4 Å². The summed E-state index contributed by atoms with van der Waals surface area (Å²) in [7, 11) is 1.33. The zero-order valence-corrected chi connectivity index (χ0v) is 17.3. The number of H-pyrrole nitrogens is 1. The Morgan fingerprint density at radius 3 is 2.90 bits per heavy atom. The van der Waals surface area contributed by atoms with E-state index in [0.717, 1.165) is 17.0 Å². The van der Waals surface area contributed by atoms with Crippen molar-refractivity contribution in [1.29, 1.82) is 0 Å². The molecule has 160 valence electrons. The lowest BCUT2D eigenvalue weighted by molar-refractivity contribution is -0.143. The number of nitrogens with zero attached hydrogens (tertiary/aromatic N) is 2. The highest BCUT2D eigenvalue weighted by Crippen LogP contribution is 2.39. The van der Waals surface area contributed by atoms with Gasteiger partial charge in [0.1, 0.15) is 12.1 Å². The van der Waals surface area contributed by atoms with Crippen LogP contribution in [0.15, 0.2) is 24.5 Å². The Morgan fingerprint density at radius 1 is 1.33 bits per heavy atom. The first kappa shape index (κ1) is 20.1. The van der Waals surface area contributed by atoms with Crippen molar-refractivity contribution < 1.29 is 23.8 Å². The Morgan fingerprint density at radius 2 is 2.13 bits per heavy atom. The van der Waals surface area contributed by atoms with Crippen LogP contribution in [0.3, 0.4) is 0 Å². The number of aromatic nitrogens is 2. The highest BCUT2D eigenvalue weighted by molar-refractivity contribution is 5.84. The fourth-order valence-corrected chi connectivity index (χ4v) is 3.98. The molecule has 2 aliphatic rings. The van der Waals surface area contributed by atoms with Gasteiger partial charge in [-0.3, -0.25) is 0 Å². The van der Waals surface area contributed by atoms with E-state index in [1.165, 1.54) is 7.11 Å². The molecule has 0 saturated carbocycles. The van der Waals surface area contributed by atoms with Crippen molar-refractivity contribution in [3.05, 3.63) is 41.5 Å². The minimum Gasteiger partial charge on any atom is -0.467 e. The van der Waals surface area contributed by atoms with Gasteiger partial charge < -0.3 is 29.4 Å². The Hall–Kier alpha value is -3.23. The molecule has 2 N–H and O–H groups in total. The maximum atomic E-state index is 13.3. The lowest BCUT2D eigenvalue weighted by atomic mass is 9.95. The van der Waals surface area contributed by atoms with Gasteiger partial charge in [-0.1, -0.05) is 19.9 Å². The van der Waals surface area contributed by atoms with Crippen molar-refractivity contribution in [3.63, 3.8) is 0 Å². The standard InChI is InChI=1S/C21H26N4O5/c1-12(2)8-15(20(26)28-3)24-21(27)25-7-6-14-18(23-10-22-14)19(25)13-4-5-16-17(9-13)30-11-29-16/h4-5,9-10,12,15,19H,6-8,11H2,1-3H3,(H,22,23)(H,24,27)/t15-,19+/m1/s1. The van der Waals surface area contributed by atoms with Crippen LogP contribution in [-0.4, -0.2) is 53.4 Å². The van der Waals surface area contributed by atoms with Crippen LogP contribution in [0.25, 0.3) is 0 Å². The van der Waals surface area contributed by atoms with E-state index < -0.39 is 18.1 Å². The van der Waals surface area contributed by atoms with Crippen molar-refractivity contribution in [3.8, 4) is 11.5 Å². The highest BCUT2D eigenvalue weighted by Gasteiger charge is 2.36. The minimum atomic E-state index is -0.708. The molecule has 1 aromatic carbocycles. The Balaban J connectivity index is 1.64. The molecule has 4 rings (SSSR count). The number of amides is 2. The number of rotatable bonds is 5. The summed E-state index contributed by atoms with van der Waals surface area (Å²) in [5, 5.41) is 2.86. The van der Waals surface area contributed by atoms with Gasteiger partial charge in [-0.25, -0.2) is 14.6 Å². The summed E-state index contributed by atoms with van der Waals surface area (Å²) in [5.74, 6) is 1.09. The first-order valence-corrected chi connectivity index (χ1v) is 10.0. The van der Waals surface area contributed by atoms with Gasteiger partial charge in [-0.15, -0.1) is 0 Å². The van der Waals surface area contributed by atoms with E-state index in [4.69, 9.17) is 14.2 Å². The number of urea groups is 1. The molecule has 3 heterocycles. The lowest BCUT2D eigenvalue weighted by Gasteiger charge is -2.36. The number of esters is 1. The molecule has 0 bridgehead atoms. The van der Waals surface area contributed by atoms with E-state index in [-0.39, 0.29) is 18.7 Å². The van der Waals surface area contributed by atoms with Gasteiger partial charge in [0.15, 0.2) is 11.5 Å². The third kappa shape index (κ3) is 3.79. The van der Waals surface area contributed by atoms with E-state index >= 15 is 0 Å². The summed E-state index contributed by atoms with van der Waals surface area (Å²) in [6, 6.07) is 4.18. The van der Waals surface area contributed by atoms with Gasteiger partial charge in [0.25, 0.3) is 0 Å². The minimum absolute atomic E-state index is 0.178. The molecule has 2 aromatic rings. The summed E-state index contributed by atoms with van der Waals surface area (Å²) < 4.78 is 15.8. The maximum Gasteiger partial charge on any atom is 0.328 e. The smallest absolute Gasteiger partial charge is 0.328 e. The van der Waals surface area contributed by atoms with Crippen LogP contribution in [0.4, 0.5) is 4.79 Å². The van der Waals surface area contributed by atoms with Crippen LogP contribution < -0.4 is 14.8 Å². The monoisotopic (exact) mass is 414 g/mol. The SMILES string of the molecule is COC(=O)[C@@H](CC(C)C)NC(=O)N1CCc2[nH]cnc2[C@@H]1c1ccc2c(c1)OCO2. The Kier molecular flexibility index (Phi) is 5.52. The number of hydrogen-bond donors (Lipinski definition) is 2. The Labute approximate surface area is 174 Å². The number of carbonyl (C=O) groups is 2. The van der Waals surface area contributed by atoms with E-state index in [9.17, 15) is 9.59 Å². The highest BCUT2D eigenvalue weighted by atomic mass is 16.7. The van der Waals surface area contributed by atoms with E-state index in [1.54, 1.807) is 11.2 Å². The molecular formula is C21H26N4O5. The van der Waals surface area contributed by atoms with Gasteiger partial charge in [-0.2, -0.15) is 0 Å². The average molecular weight is 414 g/mol. The molecule has 0 unspecified atom stereocenters. The largest absolute Gasteiger partial charge is 0.467 e. The molecule has 0 aliphatic carbocycles. The molecule has 9 heteroatoms. The molecule has 30 heavy (non-hydrogen) atoms. The summed E-state index contributed by atoms with van der Waals surface area (Å²) in [5.41, 5.74) is 2.64. The first-order chi connectivity index (χ1) is 14.5. The van der Waals surface area contributed by atoms with Gasteiger partial charge in [0.05, 0.1) is 19.1 Å². The molecule has 2 atom stereocenters. The number of hydrogen-bond acceptors (Lipinski definition) is 6. The van der Waals surface area contributed by atoms with Gasteiger partial charge in [0, 0.05) is 18.7 Å². The normalized spacial score (nSPS) is 18.1. The molecular weight excluding hydrogens is 388 g/mol. The zero-order chi connectivity index (χ0) is 21.3. The first-order valence-electron chi connectivity index (χ1n) is 10.0. The topological polar surface area (TPSA) is 106 Å². The van der Waals surface area contributed by atoms with E-state index in [1.807, 2.05) is 32.0 Å². The van der Waals surface area contributed by atoms with Crippen molar-refractivity contribution in [2.24, 2.45) is 5.92 Å². The zero-order valence-electron chi connectivity index (χ0n) is 17.3. The Bertz CT molecular complexity index is 941. The molecule has 0 radical (unpaired) electrons. The van der Waals surface area contributed by atoms with Crippen LogP contribution in [0.2, 0.25) is 0 Å². The number of ether oxygens (including phenoxy) is 3. The second kappa shape index (κ2) is 8.25. The molecule has 1 aromatic heterocycles. The number of aromatic amines is 1. The van der Waals surface area contributed by atoms with Gasteiger partial charge in [-0.05, 0) is 30.0 Å². The number of nitrogens with one attached hydrogen (secondary N) is 2. The van der Waals surface area contributed by atoms with Crippen LogP contribution in [0, 0.1) is 5.92 Å². The van der Waals surface area contributed by atoms with Gasteiger partial charge in [0.2, 0.25) is 6.79 Å². The lowest BCUT2D eigenvalue weighted by Crippen LogP contribution is -2.51. The van der Waals surface area contributed by atoms with Crippen LogP contribution in [-0.2, 0) is 16.0 Å². The number of methoxy groups -OCH3 is 1. The second-order valence-electron chi connectivity index (χ2n) is 7.88. The van der Waals surface area contributed by atoms with Crippen LogP contribution in [0.5, 0.6) is 11.5 Å². The molecule has 0 fully saturated rings. The summed E-state index contributed by atoms with van der Waals surface area (Å²) in [4.78, 5) is 34.8.